The number of aromatic carboxylic acids is 1. The van der Waals surface area contributed by atoms with Gasteiger partial charge in [0.1, 0.15) is 0 Å². The minimum Gasteiger partial charge on any atom is -0.478 e. The average molecular weight is 334 g/mol. The highest BCUT2D eigenvalue weighted by molar-refractivity contribution is 6.35. The topological polar surface area (TPSA) is 50.2 Å². The number of aromatic nitrogens is 1. The van der Waals surface area contributed by atoms with Crippen molar-refractivity contribution in [3.63, 3.8) is 0 Å². The molecule has 1 N–H and O–H groups in total. The minimum atomic E-state index is -1.13. The van der Waals surface area contributed by atoms with Gasteiger partial charge < -0.3 is 5.11 Å². The largest absolute Gasteiger partial charge is 0.478 e. The van der Waals surface area contributed by atoms with Gasteiger partial charge in [0.05, 0.1) is 16.3 Å². The SMILES string of the molecule is Cc1ccc(F)c(F)c1-c1ncc(Cl)c2ccc(C(=O)O)cc12. The van der Waals surface area contributed by atoms with E-state index in [1.165, 1.54) is 30.5 Å². The number of rotatable bonds is 2. The second-order valence-corrected chi connectivity index (χ2v) is 5.48. The molecule has 0 amide bonds. The summed E-state index contributed by atoms with van der Waals surface area (Å²) in [5.41, 5.74) is 0.647. The van der Waals surface area contributed by atoms with Crippen LogP contribution in [0.2, 0.25) is 5.02 Å². The van der Waals surface area contributed by atoms with Crippen molar-refractivity contribution in [1.29, 1.82) is 0 Å². The van der Waals surface area contributed by atoms with Crippen LogP contribution in [0.1, 0.15) is 15.9 Å². The van der Waals surface area contributed by atoms with Crippen molar-refractivity contribution in [1.82, 2.24) is 4.98 Å². The lowest BCUT2D eigenvalue weighted by molar-refractivity contribution is 0.0697. The molecule has 0 spiro atoms. The van der Waals surface area contributed by atoms with Crippen LogP contribution in [0.15, 0.2) is 36.5 Å². The third kappa shape index (κ3) is 2.53. The van der Waals surface area contributed by atoms with Crippen molar-refractivity contribution in [3.05, 3.63) is 64.3 Å². The van der Waals surface area contributed by atoms with Crippen molar-refractivity contribution < 1.29 is 18.7 Å². The molecule has 2 aromatic carbocycles. The Kier molecular flexibility index (Phi) is 3.74. The molecule has 0 aliphatic heterocycles. The van der Waals surface area contributed by atoms with Crippen molar-refractivity contribution in [2.45, 2.75) is 6.92 Å². The molecule has 0 atom stereocenters. The third-order valence-corrected chi connectivity index (χ3v) is 3.93. The first-order valence-corrected chi connectivity index (χ1v) is 7.04. The van der Waals surface area contributed by atoms with Crippen LogP contribution in [-0.2, 0) is 0 Å². The second-order valence-electron chi connectivity index (χ2n) is 5.07. The van der Waals surface area contributed by atoms with Crippen LogP contribution >= 0.6 is 11.6 Å². The molecule has 0 bridgehead atoms. The lowest BCUT2D eigenvalue weighted by Gasteiger charge is -2.12. The molecule has 1 heterocycles. The first kappa shape index (κ1) is 15.4. The normalized spacial score (nSPS) is 11.0. The highest BCUT2D eigenvalue weighted by Crippen LogP contribution is 2.35. The first-order chi connectivity index (χ1) is 10.9. The van der Waals surface area contributed by atoms with Crippen molar-refractivity contribution in [2.75, 3.05) is 0 Å². The molecule has 6 heteroatoms. The number of carbonyl (C=O) groups is 1. The summed E-state index contributed by atoms with van der Waals surface area (Å²) in [5, 5.41) is 10.3. The Balaban J connectivity index is 2.43. The molecule has 3 aromatic rings. The molecule has 0 aliphatic rings. The summed E-state index contributed by atoms with van der Waals surface area (Å²) >= 11 is 6.08. The lowest BCUT2D eigenvalue weighted by Crippen LogP contribution is -1.99. The Labute approximate surface area is 135 Å². The smallest absolute Gasteiger partial charge is 0.335 e. The van der Waals surface area contributed by atoms with Crippen molar-refractivity contribution >= 4 is 28.3 Å². The molecular weight excluding hydrogens is 324 g/mol. The summed E-state index contributed by atoms with van der Waals surface area (Å²) in [6, 6.07) is 6.76. The van der Waals surface area contributed by atoms with Crippen LogP contribution in [0.4, 0.5) is 8.78 Å². The van der Waals surface area contributed by atoms with Gasteiger partial charge in [-0.2, -0.15) is 0 Å². The van der Waals surface area contributed by atoms with E-state index in [2.05, 4.69) is 4.98 Å². The maximum absolute atomic E-state index is 14.3. The predicted octanol–water partition coefficient (Wildman–Crippen LogP) is 4.84. The van der Waals surface area contributed by atoms with Gasteiger partial charge in [-0.15, -0.1) is 0 Å². The van der Waals surface area contributed by atoms with Gasteiger partial charge in [0, 0.05) is 22.5 Å². The fourth-order valence-electron chi connectivity index (χ4n) is 2.48. The highest BCUT2D eigenvalue weighted by atomic mass is 35.5. The maximum atomic E-state index is 14.3. The molecule has 23 heavy (non-hydrogen) atoms. The van der Waals surface area contributed by atoms with E-state index in [4.69, 9.17) is 16.7 Å². The summed E-state index contributed by atoms with van der Waals surface area (Å²) in [5.74, 6) is -3.15. The molecule has 0 fully saturated rings. The summed E-state index contributed by atoms with van der Waals surface area (Å²) < 4.78 is 27.9. The van der Waals surface area contributed by atoms with E-state index in [0.717, 1.165) is 6.07 Å². The number of carboxylic acids is 1. The molecule has 0 saturated heterocycles. The molecule has 0 saturated carbocycles. The Morgan fingerprint density at radius 3 is 2.61 bits per heavy atom. The van der Waals surface area contributed by atoms with E-state index < -0.39 is 17.6 Å². The summed E-state index contributed by atoms with van der Waals surface area (Å²) in [7, 11) is 0. The Bertz CT molecular complexity index is 957. The van der Waals surface area contributed by atoms with Gasteiger partial charge in [-0.05, 0) is 30.7 Å². The van der Waals surface area contributed by atoms with Crippen LogP contribution in [0.3, 0.4) is 0 Å². The lowest BCUT2D eigenvalue weighted by atomic mass is 9.98. The molecule has 0 radical (unpaired) electrons. The van der Waals surface area contributed by atoms with Crippen LogP contribution in [0, 0.1) is 18.6 Å². The predicted molar refractivity (Wildman–Crippen MR) is 83.8 cm³/mol. The average Bonchev–Trinajstić information content (AvgIpc) is 2.53. The van der Waals surface area contributed by atoms with Crippen LogP contribution in [0.5, 0.6) is 0 Å². The van der Waals surface area contributed by atoms with Gasteiger partial charge in [-0.1, -0.05) is 23.7 Å². The number of aryl methyl sites for hydroxylation is 1. The van der Waals surface area contributed by atoms with Gasteiger partial charge in [0.15, 0.2) is 11.6 Å². The van der Waals surface area contributed by atoms with Crippen molar-refractivity contribution in [2.24, 2.45) is 0 Å². The standard InChI is InChI=1S/C17H10ClF2NO2/c1-8-2-5-13(19)15(20)14(8)16-11-6-9(17(22)23)3-4-10(11)12(18)7-21-16/h2-7H,1H3,(H,22,23). The van der Waals surface area contributed by atoms with E-state index in [9.17, 15) is 13.6 Å². The molecule has 116 valence electrons. The number of nitrogens with zero attached hydrogens (tertiary/aromatic N) is 1. The number of hydrogen-bond acceptors (Lipinski definition) is 2. The number of carboxylic acid groups (broad SMARTS) is 1. The number of halogens is 3. The fraction of sp³-hybridized carbons (Fsp3) is 0.0588. The van der Waals surface area contributed by atoms with Crippen LogP contribution in [-0.4, -0.2) is 16.1 Å². The molecule has 3 nitrogen and oxygen atoms in total. The monoisotopic (exact) mass is 333 g/mol. The van der Waals surface area contributed by atoms with Gasteiger partial charge in [0.25, 0.3) is 0 Å². The molecular formula is C17H10ClF2NO2. The summed E-state index contributed by atoms with van der Waals surface area (Å²) in [6.07, 6.45) is 1.34. The summed E-state index contributed by atoms with van der Waals surface area (Å²) in [4.78, 5) is 15.3. The zero-order valence-electron chi connectivity index (χ0n) is 11.9. The van der Waals surface area contributed by atoms with Gasteiger partial charge in [-0.3, -0.25) is 4.98 Å². The van der Waals surface area contributed by atoms with E-state index in [-0.39, 0.29) is 16.8 Å². The highest BCUT2D eigenvalue weighted by Gasteiger charge is 2.18. The second kappa shape index (κ2) is 5.59. The zero-order chi connectivity index (χ0) is 16.7. The minimum absolute atomic E-state index is 0.00537. The first-order valence-electron chi connectivity index (χ1n) is 6.66. The molecule has 0 aliphatic carbocycles. The quantitative estimate of drug-likeness (QED) is 0.730. The van der Waals surface area contributed by atoms with Crippen LogP contribution < -0.4 is 0 Å². The van der Waals surface area contributed by atoms with Gasteiger partial charge in [-0.25, -0.2) is 13.6 Å². The Hall–Kier alpha value is -2.53. The molecule has 1 aromatic heterocycles. The van der Waals surface area contributed by atoms with E-state index in [1.807, 2.05) is 0 Å². The Morgan fingerprint density at radius 1 is 1.17 bits per heavy atom. The third-order valence-electron chi connectivity index (χ3n) is 3.63. The summed E-state index contributed by atoms with van der Waals surface area (Å²) in [6.45, 7) is 1.63. The number of hydrogen-bond donors (Lipinski definition) is 1. The fourth-order valence-corrected chi connectivity index (χ4v) is 2.69. The number of fused-ring (bicyclic) bond motifs is 1. The number of benzene rings is 2. The van der Waals surface area contributed by atoms with E-state index in [1.54, 1.807) is 6.92 Å². The Morgan fingerprint density at radius 2 is 1.91 bits per heavy atom. The zero-order valence-corrected chi connectivity index (χ0v) is 12.7. The maximum Gasteiger partial charge on any atom is 0.335 e. The van der Waals surface area contributed by atoms with Crippen molar-refractivity contribution in [3.8, 4) is 11.3 Å². The van der Waals surface area contributed by atoms with E-state index >= 15 is 0 Å². The van der Waals surface area contributed by atoms with E-state index in [0.29, 0.717) is 21.4 Å². The molecule has 3 rings (SSSR count). The number of pyridine rings is 1. The molecule has 0 unspecified atom stereocenters. The van der Waals surface area contributed by atoms with Gasteiger partial charge >= 0.3 is 5.97 Å². The van der Waals surface area contributed by atoms with Crippen LogP contribution in [0.25, 0.3) is 22.0 Å². The van der Waals surface area contributed by atoms with Gasteiger partial charge in [0.2, 0.25) is 0 Å².